The predicted octanol–water partition coefficient (Wildman–Crippen LogP) is 2.18. The summed E-state index contributed by atoms with van der Waals surface area (Å²) in [5.41, 5.74) is 5.71. The minimum absolute atomic E-state index is 0. The van der Waals surface area contributed by atoms with Gasteiger partial charge in [-0.2, -0.15) is 0 Å². The molecule has 1 aromatic heterocycles. The van der Waals surface area contributed by atoms with E-state index in [1.165, 1.54) is 6.07 Å². The topological polar surface area (TPSA) is 88.0 Å². The number of fused-ring (bicyclic) bond motifs is 1. The summed E-state index contributed by atoms with van der Waals surface area (Å²) in [6.45, 7) is 3.97. The van der Waals surface area contributed by atoms with Crippen molar-refractivity contribution in [3.05, 3.63) is 44.7 Å². The molecule has 0 saturated carbocycles. The van der Waals surface area contributed by atoms with E-state index in [0.29, 0.717) is 23.0 Å². The highest BCUT2D eigenvalue weighted by Gasteiger charge is 2.21. The highest BCUT2D eigenvalue weighted by Crippen LogP contribution is 2.23. The number of nitrogens with two attached hydrogens (primary N) is 1. The lowest BCUT2D eigenvalue weighted by Gasteiger charge is -2.24. The number of pyridine rings is 1. The average Bonchev–Trinajstić information content (AvgIpc) is 2.38. The standard InChI is InChI=1S/C14H16BrN3O2.ClH/c1-14(2,7-16)18-13(20)9-6-11(19)17-12-8(9)4-3-5-10(12)15;/h3-6H,7,16H2,1-2H3,(H,17,19)(H,18,20);1H. The van der Waals surface area contributed by atoms with Gasteiger partial charge in [-0.05, 0) is 35.8 Å². The summed E-state index contributed by atoms with van der Waals surface area (Å²) in [4.78, 5) is 26.8. The van der Waals surface area contributed by atoms with Gasteiger partial charge in [0.2, 0.25) is 5.56 Å². The van der Waals surface area contributed by atoms with Crippen LogP contribution in [0, 0.1) is 0 Å². The number of hydrogen-bond acceptors (Lipinski definition) is 3. The lowest BCUT2D eigenvalue weighted by atomic mass is 10.0. The Balaban J connectivity index is 0.00000220. The van der Waals surface area contributed by atoms with Gasteiger partial charge in [0.25, 0.3) is 5.91 Å². The van der Waals surface area contributed by atoms with Crippen molar-refractivity contribution in [1.29, 1.82) is 0 Å². The molecule has 0 fully saturated rings. The molecule has 4 N–H and O–H groups in total. The van der Waals surface area contributed by atoms with Crippen molar-refractivity contribution in [3.8, 4) is 0 Å². The zero-order valence-electron chi connectivity index (χ0n) is 11.7. The fourth-order valence-electron chi connectivity index (χ4n) is 1.86. The van der Waals surface area contributed by atoms with E-state index in [4.69, 9.17) is 5.73 Å². The Hall–Kier alpha value is -1.37. The molecule has 5 nitrogen and oxygen atoms in total. The Morgan fingerprint density at radius 1 is 1.43 bits per heavy atom. The number of amides is 1. The molecule has 0 radical (unpaired) electrons. The summed E-state index contributed by atoms with van der Waals surface area (Å²) in [5.74, 6) is -0.311. The van der Waals surface area contributed by atoms with Crippen molar-refractivity contribution in [1.82, 2.24) is 10.3 Å². The van der Waals surface area contributed by atoms with Crippen LogP contribution in [-0.2, 0) is 0 Å². The van der Waals surface area contributed by atoms with Crippen LogP contribution in [0.1, 0.15) is 24.2 Å². The molecule has 2 aromatic rings. The van der Waals surface area contributed by atoms with E-state index >= 15 is 0 Å². The number of carbonyl (C=O) groups excluding carboxylic acids is 1. The van der Waals surface area contributed by atoms with Crippen LogP contribution >= 0.6 is 28.3 Å². The third-order valence-corrected chi connectivity index (χ3v) is 3.70. The van der Waals surface area contributed by atoms with Crippen LogP contribution in [0.5, 0.6) is 0 Å². The molecule has 114 valence electrons. The van der Waals surface area contributed by atoms with Crippen molar-refractivity contribution in [2.45, 2.75) is 19.4 Å². The van der Waals surface area contributed by atoms with Gasteiger partial charge in [0.15, 0.2) is 0 Å². The molecule has 2 rings (SSSR count). The Labute approximate surface area is 136 Å². The molecule has 1 heterocycles. The minimum Gasteiger partial charge on any atom is -0.346 e. The van der Waals surface area contributed by atoms with Crippen LogP contribution in [0.4, 0.5) is 0 Å². The maximum atomic E-state index is 12.4. The van der Waals surface area contributed by atoms with Gasteiger partial charge in [-0.25, -0.2) is 0 Å². The smallest absolute Gasteiger partial charge is 0.252 e. The fourth-order valence-corrected chi connectivity index (χ4v) is 2.32. The third-order valence-electron chi connectivity index (χ3n) is 3.03. The number of nitrogens with one attached hydrogen (secondary N) is 2. The fraction of sp³-hybridized carbons (Fsp3) is 0.286. The number of rotatable bonds is 3. The third kappa shape index (κ3) is 3.84. The number of carbonyl (C=O) groups is 1. The summed E-state index contributed by atoms with van der Waals surface area (Å²) < 4.78 is 0.736. The number of H-pyrrole nitrogens is 1. The van der Waals surface area contributed by atoms with Gasteiger partial charge in [0.1, 0.15) is 0 Å². The molecule has 0 saturated heterocycles. The Morgan fingerprint density at radius 3 is 2.71 bits per heavy atom. The maximum absolute atomic E-state index is 12.4. The second-order valence-corrected chi connectivity index (χ2v) is 6.11. The molecule has 0 bridgehead atoms. The van der Waals surface area contributed by atoms with E-state index in [1.807, 2.05) is 26.0 Å². The summed E-state index contributed by atoms with van der Waals surface area (Å²) in [7, 11) is 0. The molecule has 0 aliphatic carbocycles. The molecule has 1 aromatic carbocycles. The molecule has 0 unspecified atom stereocenters. The Morgan fingerprint density at radius 2 is 2.10 bits per heavy atom. The van der Waals surface area contributed by atoms with Gasteiger partial charge in [-0.15, -0.1) is 12.4 Å². The molecule has 0 aliphatic rings. The number of halogens is 2. The highest BCUT2D eigenvalue weighted by atomic mass is 79.9. The van der Waals surface area contributed by atoms with Gasteiger partial charge in [-0.3, -0.25) is 9.59 Å². The maximum Gasteiger partial charge on any atom is 0.252 e. The summed E-state index contributed by atoms with van der Waals surface area (Å²) >= 11 is 3.37. The lowest BCUT2D eigenvalue weighted by Crippen LogP contribution is -2.49. The SMILES string of the molecule is CC(C)(CN)NC(=O)c1cc(=O)[nH]c2c(Br)cccc12.Cl. The number of para-hydroxylation sites is 1. The second-order valence-electron chi connectivity index (χ2n) is 5.25. The zero-order chi connectivity index (χ0) is 14.9. The molecular weight excluding hydrogens is 358 g/mol. The average molecular weight is 375 g/mol. The monoisotopic (exact) mass is 373 g/mol. The molecular formula is C14H17BrClN3O2. The van der Waals surface area contributed by atoms with Crippen molar-refractivity contribution in [2.75, 3.05) is 6.54 Å². The van der Waals surface area contributed by atoms with Crippen molar-refractivity contribution >= 4 is 45.1 Å². The van der Waals surface area contributed by atoms with E-state index in [-0.39, 0.29) is 23.9 Å². The van der Waals surface area contributed by atoms with Crippen LogP contribution in [-0.4, -0.2) is 23.0 Å². The van der Waals surface area contributed by atoms with Gasteiger partial charge in [0.05, 0.1) is 11.1 Å². The quantitative estimate of drug-likeness (QED) is 0.769. The first kappa shape index (κ1) is 17.7. The highest BCUT2D eigenvalue weighted by molar-refractivity contribution is 9.10. The summed E-state index contributed by atoms with van der Waals surface area (Å²) in [5, 5.41) is 3.51. The van der Waals surface area contributed by atoms with E-state index < -0.39 is 5.54 Å². The normalized spacial score (nSPS) is 11.0. The van der Waals surface area contributed by atoms with Gasteiger partial charge >= 0.3 is 0 Å². The summed E-state index contributed by atoms with van der Waals surface area (Å²) in [6, 6.07) is 6.72. The zero-order valence-corrected chi connectivity index (χ0v) is 14.1. The Bertz CT molecular complexity index is 728. The second kappa shape index (κ2) is 6.60. The first-order valence-corrected chi connectivity index (χ1v) is 6.97. The molecule has 0 spiro atoms. The van der Waals surface area contributed by atoms with Crippen LogP contribution in [0.25, 0.3) is 10.9 Å². The van der Waals surface area contributed by atoms with Crippen molar-refractivity contribution in [3.63, 3.8) is 0 Å². The van der Waals surface area contributed by atoms with Crippen LogP contribution in [0.2, 0.25) is 0 Å². The number of aromatic nitrogens is 1. The van der Waals surface area contributed by atoms with E-state index in [2.05, 4.69) is 26.2 Å². The molecule has 0 aliphatic heterocycles. The van der Waals surface area contributed by atoms with E-state index in [1.54, 1.807) is 6.07 Å². The van der Waals surface area contributed by atoms with Gasteiger partial charge in [-0.1, -0.05) is 12.1 Å². The Kier molecular flexibility index (Phi) is 5.55. The van der Waals surface area contributed by atoms with Crippen LogP contribution in [0.3, 0.4) is 0 Å². The number of benzene rings is 1. The van der Waals surface area contributed by atoms with E-state index in [9.17, 15) is 9.59 Å². The molecule has 0 atom stereocenters. The lowest BCUT2D eigenvalue weighted by molar-refractivity contribution is 0.0917. The molecule has 1 amide bonds. The first-order valence-electron chi connectivity index (χ1n) is 6.18. The van der Waals surface area contributed by atoms with E-state index in [0.717, 1.165) is 4.47 Å². The molecule has 7 heteroatoms. The number of hydrogen-bond donors (Lipinski definition) is 3. The van der Waals surface area contributed by atoms with Crippen molar-refractivity contribution < 1.29 is 4.79 Å². The minimum atomic E-state index is -0.530. The van der Waals surface area contributed by atoms with Crippen LogP contribution in [0.15, 0.2) is 33.5 Å². The van der Waals surface area contributed by atoms with Gasteiger partial charge in [0, 0.05) is 28.0 Å². The van der Waals surface area contributed by atoms with Crippen molar-refractivity contribution in [2.24, 2.45) is 5.73 Å². The van der Waals surface area contributed by atoms with Gasteiger partial charge < -0.3 is 16.0 Å². The predicted molar refractivity (Wildman–Crippen MR) is 90.1 cm³/mol. The largest absolute Gasteiger partial charge is 0.346 e. The first-order chi connectivity index (χ1) is 9.34. The van der Waals surface area contributed by atoms with Crippen LogP contribution < -0.4 is 16.6 Å². The summed E-state index contributed by atoms with van der Waals surface area (Å²) in [6.07, 6.45) is 0. The molecule has 21 heavy (non-hydrogen) atoms. The number of aromatic amines is 1.